The average Bonchev–Trinajstić information content (AvgIpc) is 2.73. The lowest BCUT2D eigenvalue weighted by Crippen LogP contribution is -2.50. The maximum Gasteiger partial charge on any atom is 0.257 e. The van der Waals surface area contributed by atoms with E-state index >= 15 is 0 Å². The molecule has 148 valence electrons. The van der Waals surface area contributed by atoms with E-state index < -0.39 is 11.7 Å². The third-order valence-electron chi connectivity index (χ3n) is 4.65. The number of benzene rings is 2. The molecule has 0 saturated carbocycles. The van der Waals surface area contributed by atoms with E-state index in [4.69, 9.17) is 21.1 Å². The van der Waals surface area contributed by atoms with Crippen molar-refractivity contribution in [3.63, 3.8) is 0 Å². The summed E-state index contributed by atoms with van der Waals surface area (Å²) >= 11 is 5.87. The van der Waals surface area contributed by atoms with Gasteiger partial charge in [0.05, 0.1) is 25.3 Å². The van der Waals surface area contributed by atoms with Crippen LogP contribution in [0.4, 0.5) is 4.39 Å². The molecule has 0 radical (unpaired) electrons. The van der Waals surface area contributed by atoms with E-state index in [1.807, 2.05) is 0 Å². The Morgan fingerprint density at radius 3 is 2.11 bits per heavy atom. The van der Waals surface area contributed by atoms with Crippen LogP contribution in [-0.2, 0) is 0 Å². The summed E-state index contributed by atoms with van der Waals surface area (Å²) in [6.45, 7) is 1.24. The van der Waals surface area contributed by atoms with Crippen LogP contribution in [0.5, 0.6) is 11.5 Å². The van der Waals surface area contributed by atoms with Gasteiger partial charge in [-0.15, -0.1) is 0 Å². The third-order valence-corrected chi connectivity index (χ3v) is 4.88. The van der Waals surface area contributed by atoms with E-state index in [0.29, 0.717) is 48.3 Å². The Morgan fingerprint density at radius 1 is 0.929 bits per heavy atom. The lowest BCUT2D eigenvalue weighted by atomic mass is 10.1. The van der Waals surface area contributed by atoms with Crippen molar-refractivity contribution in [3.8, 4) is 11.5 Å². The normalized spacial score (nSPS) is 14.0. The zero-order valence-electron chi connectivity index (χ0n) is 15.6. The second-order valence-electron chi connectivity index (χ2n) is 6.25. The lowest BCUT2D eigenvalue weighted by molar-refractivity contribution is 0.0530. The summed E-state index contributed by atoms with van der Waals surface area (Å²) in [6.07, 6.45) is 0. The molecule has 0 bridgehead atoms. The summed E-state index contributed by atoms with van der Waals surface area (Å²) in [5.41, 5.74) is 0.323. The lowest BCUT2D eigenvalue weighted by Gasteiger charge is -2.35. The molecule has 1 fully saturated rings. The Hall–Kier alpha value is -2.80. The second kappa shape index (κ2) is 8.48. The number of nitrogens with zero attached hydrogens (tertiary/aromatic N) is 2. The van der Waals surface area contributed by atoms with Crippen molar-refractivity contribution < 1.29 is 23.5 Å². The Balaban J connectivity index is 1.71. The zero-order valence-corrected chi connectivity index (χ0v) is 16.3. The fraction of sp³-hybridized carbons (Fsp3) is 0.300. The molecule has 0 unspecified atom stereocenters. The Morgan fingerprint density at radius 2 is 1.54 bits per heavy atom. The molecule has 2 aromatic carbocycles. The number of hydrogen-bond acceptors (Lipinski definition) is 4. The van der Waals surface area contributed by atoms with E-state index in [-0.39, 0.29) is 11.5 Å². The van der Waals surface area contributed by atoms with E-state index in [2.05, 4.69) is 0 Å². The number of carbonyl (C=O) groups excluding carboxylic acids is 2. The first kappa shape index (κ1) is 19.9. The zero-order chi connectivity index (χ0) is 20.3. The number of para-hydroxylation sites is 1. The van der Waals surface area contributed by atoms with Gasteiger partial charge in [0.1, 0.15) is 5.82 Å². The van der Waals surface area contributed by atoms with Crippen LogP contribution in [0.3, 0.4) is 0 Å². The largest absolute Gasteiger partial charge is 0.493 e. The van der Waals surface area contributed by atoms with E-state index in [0.717, 1.165) is 0 Å². The predicted molar refractivity (Wildman–Crippen MR) is 103 cm³/mol. The van der Waals surface area contributed by atoms with Crippen molar-refractivity contribution in [3.05, 3.63) is 58.4 Å². The molecule has 0 aromatic heterocycles. The van der Waals surface area contributed by atoms with E-state index in [1.165, 1.54) is 37.3 Å². The van der Waals surface area contributed by atoms with Crippen molar-refractivity contribution in [1.29, 1.82) is 0 Å². The molecular weight excluding hydrogens is 387 g/mol. The molecule has 0 N–H and O–H groups in total. The quantitative estimate of drug-likeness (QED) is 0.783. The van der Waals surface area contributed by atoms with E-state index in [1.54, 1.807) is 23.1 Å². The molecule has 0 spiro atoms. The standard InChI is InChI=1S/C20H20ClFN2O4/c1-27-17-5-3-4-14(18(17)28-2)19(25)23-8-10-24(11-9-23)20(26)15-12-13(21)6-7-16(15)22/h3-7,12H,8-11H2,1-2H3. The minimum Gasteiger partial charge on any atom is -0.493 e. The molecule has 28 heavy (non-hydrogen) atoms. The topological polar surface area (TPSA) is 59.1 Å². The third kappa shape index (κ3) is 3.89. The number of ether oxygens (including phenoxy) is 2. The number of hydrogen-bond donors (Lipinski definition) is 0. The van der Waals surface area contributed by atoms with Crippen LogP contribution in [0.1, 0.15) is 20.7 Å². The van der Waals surface area contributed by atoms with Crippen LogP contribution in [0.25, 0.3) is 0 Å². The first-order chi connectivity index (χ1) is 13.5. The Bertz CT molecular complexity index is 898. The molecule has 2 aromatic rings. The summed E-state index contributed by atoms with van der Waals surface area (Å²) < 4.78 is 24.5. The molecule has 2 amide bonds. The van der Waals surface area contributed by atoms with Crippen LogP contribution < -0.4 is 9.47 Å². The molecule has 1 aliphatic heterocycles. The fourth-order valence-corrected chi connectivity index (χ4v) is 3.34. The van der Waals surface area contributed by atoms with Gasteiger partial charge in [0.15, 0.2) is 11.5 Å². The molecular formula is C20H20ClFN2O4. The van der Waals surface area contributed by atoms with Gasteiger partial charge in [-0.25, -0.2) is 4.39 Å². The molecule has 3 rings (SSSR count). The van der Waals surface area contributed by atoms with Gasteiger partial charge in [0.25, 0.3) is 11.8 Å². The van der Waals surface area contributed by atoms with Gasteiger partial charge in [0.2, 0.25) is 0 Å². The molecule has 1 aliphatic rings. The number of methoxy groups -OCH3 is 2. The first-order valence-electron chi connectivity index (χ1n) is 8.71. The van der Waals surface area contributed by atoms with Crippen molar-refractivity contribution in [2.75, 3.05) is 40.4 Å². The van der Waals surface area contributed by atoms with Crippen molar-refractivity contribution in [2.24, 2.45) is 0 Å². The molecule has 1 heterocycles. The van der Waals surface area contributed by atoms with Gasteiger partial charge in [-0.05, 0) is 30.3 Å². The number of amides is 2. The van der Waals surface area contributed by atoms with Gasteiger partial charge < -0.3 is 19.3 Å². The molecule has 8 heteroatoms. The Labute approximate surface area is 167 Å². The molecule has 0 aliphatic carbocycles. The maximum absolute atomic E-state index is 14.0. The Kier molecular flexibility index (Phi) is 6.04. The highest BCUT2D eigenvalue weighted by atomic mass is 35.5. The van der Waals surface area contributed by atoms with Crippen molar-refractivity contribution in [2.45, 2.75) is 0 Å². The second-order valence-corrected chi connectivity index (χ2v) is 6.69. The highest BCUT2D eigenvalue weighted by Crippen LogP contribution is 2.31. The molecule has 0 atom stereocenters. The van der Waals surface area contributed by atoms with Crippen LogP contribution in [-0.4, -0.2) is 62.0 Å². The minimum atomic E-state index is -0.617. The van der Waals surface area contributed by atoms with Crippen LogP contribution in [0, 0.1) is 5.82 Å². The van der Waals surface area contributed by atoms with Gasteiger partial charge in [-0.3, -0.25) is 9.59 Å². The van der Waals surface area contributed by atoms with Gasteiger partial charge in [0, 0.05) is 31.2 Å². The van der Waals surface area contributed by atoms with Crippen molar-refractivity contribution in [1.82, 2.24) is 9.80 Å². The maximum atomic E-state index is 14.0. The summed E-state index contributed by atoms with van der Waals surface area (Å²) in [7, 11) is 2.98. The van der Waals surface area contributed by atoms with Gasteiger partial charge in [-0.2, -0.15) is 0 Å². The van der Waals surface area contributed by atoms with E-state index in [9.17, 15) is 14.0 Å². The molecule has 6 nitrogen and oxygen atoms in total. The van der Waals surface area contributed by atoms with Crippen LogP contribution in [0.15, 0.2) is 36.4 Å². The summed E-state index contributed by atoms with van der Waals surface area (Å²) in [6, 6.07) is 8.98. The summed E-state index contributed by atoms with van der Waals surface area (Å²) in [5, 5.41) is 0.295. The monoisotopic (exact) mass is 406 g/mol. The van der Waals surface area contributed by atoms with Gasteiger partial charge >= 0.3 is 0 Å². The predicted octanol–water partition coefficient (Wildman–Crippen LogP) is 3.09. The number of carbonyl (C=O) groups is 2. The number of rotatable bonds is 4. The summed E-state index contributed by atoms with van der Waals surface area (Å²) in [5.74, 6) is -0.426. The fourth-order valence-electron chi connectivity index (χ4n) is 3.17. The highest BCUT2D eigenvalue weighted by Gasteiger charge is 2.28. The SMILES string of the molecule is COc1cccc(C(=O)N2CCN(C(=O)c3cc(Cl)ccc3F)CC2)c1OC. The molecule has 1 saturated heterocycles. The van der Waals surface area contributed by atoms with Crippen molar-refractivity contribution >= 4 is 23.4 Å². The highest BCUT2D eigenvalue weighted by molar-refractivity contribution is 6.31. The smallest absolute Gasteiger partial charge is 0.257 e. The van der Waals surface area contributed by atoms with Crippen LogP contribution >= 0.6 is 11.6 Å². The van der Waals surface area contributed by atoms with Gasteiger partial charge in [-0.1, -0.05) is 17.7 Å². The minimum absolute atomic E-state index is 0.0678. The average molecular weight is 407 g/mol. The number of halogens is 2. The van der Waals surface area contributed by atoms with Crippen LogP contribution in [0.2, 0.25) is 5.02 Å². The number of piperazine rings is 1. The summed E-state index contributed by atoms with van der Waals surface area (Å²) in [4.78, 5) is 28.6. The first-order valence-corrected chi connectivity index (χ1v) is 9.08.